The molecule has 6 nitrogen and oxygen atoms in total. The van der Waals surface area contributed by atoms with E-state index in [4.69, 9.17) is 9.15 Å². The van der Waals surface area contributed by atoms with Gasteiger partial charge in [-0.25, -0.2) is 4.98 Å². The summed E-state index contributed by atoms with van der Waals surface area (Å²) in [7, 11) is 1.64. The molecule has 0 amide bonds. The number of pyridine rings is 1. The highest BCUT2D eigenvalue weighted by Crippen LogP contribution is 2.25. The Labute approximate surface area is 142 Å². The number of fused-ring (bicyclic) bond motifs is 1. The topological polar surface area (TPSA) is 65.5 Å². The first-order valence-corrected chi connectivity index (χ1v) is 8.34. The highest BCUT2D eigenvalue weighted by atomic mass is 32.2. The molecule has 3 heterocycles. The van der Waals surface area contributed by atoms with Gasteiger partial charge in [0.1, 0.15) is 5.75 Å². The molecule has 0 aliphatic heterocycles. The van der Waals surface area contributed by atoms with Crippen molar-refractivity contribution in [3.05, 3.63) is 60.7 Å². The van der Waals surface area contributed by atoms with Gasteiger partial charge in [-0.2, -0.15) is 0 Å². The molecule has 3 aromatic heterocycles. The van der Waals surface area contributed by atoms with Gasteiger partial charge in [0, 0.05) is 11.8 Å². The number of ether oxygens (including phenoxy) is 1. The highest BCUT2D eigenvalue weighted by molar-refractivity contribution is 7.98. The van der Waals surface area contributed by atoms with E-state index in [0.29, 0.717) is 17.5 Å². The summed E-state index contributed by atoms with van der Waals surface area (Å²) in [5.74, 6) is 2.43. The Morgan fingerprint density at radius 3 is 2.83 bits per heavy atom. The molecule has 0 aliphatic carbocycles. The molecular formula is C17H14N4O2S. The van der Waals surface area contributed by atoms with E-state index >= 15 is 0 Å². The van der Waals surface area contributed by atoms with Gasteiger partial charge in [0.05, 0.1) is 24.6 Å². The number of aromatic nitrogens is 4. The van der Waals surface area contributed by atoms with Gasteiger partial charge in [0.15, 0.2) is 5.16 Å². The Morgan fingerprint density at radius 2 is 2.00 bits per heavy atom. The van der Waals surface area contributed by atoms with E-state index in [1.807, 2.05) is 59.3 Å². The summed E-state index contributed by atoms with van der Waals surface area (Å²) in [6, 6.07) is 13.5. The van der Waals surface area contributed by atoms with Crippen molar-refractivity contribution in [3.8, 4) is 17.2 Å². The maximum atomic E-state index is 5.73. The van der Waals surface area contributed by atoms with Crippen molar-refractivity contribution in [1.29, 1.82) is 0 Å². The van der Waals surface area contributed by atoms with E-state index in [0.717, 1.165) is 22.0 Å². The molecule has 0 unspecified atom stereocenters. The normalized spacial score (nSPS) is 11.0. The zero-order chi connectivity index (χ0) is 16.4. The van der Waals surface area contributed by atoms with Crippen LogP contribution in [-0.2, 0) is 5.75 Å². The van der Waals surface area contributed by atoms with Crippen molar-refractivity contribution in [3.63, 3.8) is 0 Å². The number of rotatable bonds is 5. The minimum absolute atomic E-state index is 0.501. The third kappa shape index (κ3) is 2.85. The van der Waals surface area contributed by atoms with E-state index in [-0.39, 0.29) is 0 Å². The van der Waals surface area contributed by atoms with E-state index in [9.17, 15) is 0 Å². The zero-order valence-corrected chi connectivity index (χ0v) is 13.7. The third-order valence-corrected chi connectivity index (χ3v) is 4.48. The van der Waals surface area contributed by atoms with Crippen LogP contribution >= 0.6 is 11.8 Å². The van der Waals surface area contributed by atoms with Crippen LogP contribution in [0.2, 0.25) is 0 Å². The Morgan fingerprint density at radius 1 is 1.12 bits per heavy atom. The lowest BCUT2D eigenvalue weighted by molar-refractivity contribution is 0.415. The van der Waals surface area contributed by atoms with Gasteiger partial charge in [-0.15, -0.1) is 10.2 Å². The first-order chi connectivity index (χ1) is 11.8. The average Bonchev–Trinajstić information content (AvgIpc) is 3.27. The Hall–Kier alpha value is -2.80. The number of hydrogen-bond donors (Lipinski definition) is 0. The number of hydrogen-bond acceptors (Lipinski definition) is 6. The molecule has 0 fully saturated rings. The Balaban J connectivity index is 1.48. The van der Waals surface area contributed by atoms with Crippen LogP contribution in [0.1, 0.15) is 5.89 Å². The van der Waals surface area contributed by atoms with Crippen LogP contribution in [0.15, 0.2) is 64.4 Å². The fourth-order valence-corrected chi connectivity index (χ4v) is 3.12. The second-order valence-corrected chi connectivity index (χ2v) is 6.00. The van der Waals surface area contributed by atoms with Gasteiger partial charge >= 0.3 is 0 Å². The first kappa shape index (κ1) is 14.8. The maximum absolute atomic E-state index is 5.73. The smallest absolute Gasteiger partial charge is 0.247 e. The molecule has 0 saturated carbocycles. The van der Waals surface area contributed by atoms with Crippen molar-refractivity contribution in [2.75, 3.05) is 7.11 Å². The second-order valence-electron chi connectivity index (χ2n) is 5.05. The van der Waals surface area contributed by atoms with Crippen LogP contribution in [0, 0.1) is 0 Å². The van der Waals surface area contributed by atoms with Crippen LogP contribution in [0.3, 0.4) is 0 Å². The molecule has 120 valence electrons. The number of methoxy groups -OCH3 is 1. The molecule has 7 heteroatoms. The summed E-state index contributed by atoms with van der Waals surface area (Å²) in [4.78, 5) is 4.42. The average molecular weight is 338 g/mol. The van der Waals surface area contributed by atoms with E-state index in [1.54, 1.807) is 18.9 Å². The van der Waals surface area contributed by atoms with Gasteiger partial charge in [0.25, 0.3) is 0 Å². The first-order valence-electron chi connectivity index (χ1n) is 7.35. The summed E-state index contributed by atoms with van der Waals surface area (Å²) in [6.07, 6.45) is 3.83. The van der Waals surface area contributed by atoms with Crippen molar-refractivity contribution in [1.82, 2.24) is 19.6 Å². The van der Waals surface area contributed by atoms with E-state index < -0.39 is 0 Å². The molecule has 4 aromatic rings. The largest absolute Gasteiger partial charge is 0.497 e. The standard InChI is InChI=1S/C17H14N4O2S/c1-22-14-7-5-12(6-8-14)16-20-19-15(23-16)11-24-17-18-10-13-4-2-3-9-21(13)17/h2-10H,11H2,1H3. The lowest BCUT2D eigenvalue weighted by atomic mass is 10.2. The Bertz CT molecular complexity index is 962. The SMILES string of the molecule is COc1ccc(-c2nnc(CSc3ncc4ccccn34)o2)cc1. The number of nitrogens with zero attached hydrogens (tertiary/aromatic N) is 4. The van der Waals surface area contributed by atoms with Gasteiger partial charge < -0.3 is 9.15 Å². The fraction of sp³-hybridized carbons (Fsp3) is 0.118. The lowest BCUT2D eigenvalue weighted by Gasteiger charge is -1.99. The molecule has 1 aromatic carbocycles. The quantitative estimate of drug-likeness (QED) is 0.517. The molecule has 0 bridgehead atoms. The van der Waals surface area contributed by atoms with Crippen LogP contribution in [0.25, 0.3) is 17.0 Å². The number of benzene rings is 1. The summed E-state index contributed by atoms with van der Waals surface area (Å²) >= 11 is 1.56. The van der Waals surface area contributed by atoms with Gasteiger partial charge in [-0.3, -0.25) is 4.40 Å². The lowest BCUT2D eigenvalue weighted by Crippen LogP contribution is -1.87. The van der Waals surface area contributed by atoms with Crippen LogP contribution in [0.4, 0.5) is 0 Å². The van der Waals surface area contributed by atoms with E-state index in [2.05, 4.69) is 15.2 Å². The van der Waals surface area contributed by atoms with Crippen LogP contribution in [0.5, 0.6) is 5.75 Å². The number of imidazole rings is 1. The summed E-state index contributed by atoms with van der Waals surface area (Å²) in [5, 5.41) is 9.11. The summed E-state index contributed by atoms with van der Waals surface area (Å²) in [6.45, 7) is 0. The van der Waals surface area contributed by atoms with Crippen molar-refractivity contribution >= 4 is 17.3 Å². The molecule has 0 aliphatic rings. The number of thioether (sulfide) groups is 1. The minimum Gasteiger partial charge on any atom is -0.497 e. The Kier molecular flexibility index (Phi) is 3.92. The highest BCUT2D eigenvalue weighted by Gasteiger charge is 2.11. The van der Waals surface area contributed by atoms with Gasteiger partial charge in [-0.1, -0.05) is 17.8 Å². The molecule has 0 spiro atoms. The summed E-state index contributed by atoms with van der Waals surface area (Å²) < 4.78 is 12.9. The monoisotopic (exact) mass is 338 g/mol. The molecule has 0 atom stereocenters. The molecule has 0 saturated heterocycles. The molecular weight excluding hydrogens is 324 g/mol. The van der Waals surface area contributed by atoms with E-state index in [1.165, 1.54) is 0 Å². The minimum atomic E-state index is 0.501. The van der Waals surface area contributed by atoms with Crippen molar-refractivity contribution < 1.29 is 9.15 Å². The fourth-order valence-electron chi connectivity index (χ4n) is 2.31. The predicted octanol–water partition coefficient (Wildman–Crippen LogP) is 3.69. The van der Waals surface area contributed by atoms with Gasteiger partial charge in [0.2, 0.25) is 11.8 Å². The third-order valence-electron chi connectivity index (χ3n) is 3.53. The molecule has 4 rings (SSSR count). The van der Waals surface area contributed by atoms with Crippen LogP contribution in [-0.4, -0.2) is 26.7 Å². The predicted molar refractivity (Wildman–Crippen MR) is 91.0 cm³/mol. The second kappa shape index (κ2) is 6.37. The van der Waals surface area contributed by atoms with Crippen LogP contribution < -0.4 is 4.74 Å². The van der Waals surface area contributed by atoms with Gasteiger partial charge in [-0.05, 0) is 36.4 Å². The maximum Gasteiger partial charge on any atom is 0.247 e. The van der Waals surface area contributed by atoms with Crippen molar-refractivity contribution in [2.24, 2.45) is 0 Å². The zero-order valence-electron chi connectivity index (χ0n) is 12.9. The molecule has 0 N–H and O–H groups in total. The summed E-state index contributed by atoms with van der Waals surface area (Å²) in [5.41, 5.74) is 1.93. The van der Waals surface area contributed by atoms with Crippen molar-refractivity contribution in [2.45, 2.75) is 10.9 Å². The molecule has 0 radical (unpaired) electrons. The molecule has 24 heavy (non-hydrogen) atoms.